The molecule has 0 saturated heterocycles. The predicted molar refractivity (Wildman–Crippen MR) is 108 cm³/mol. The number of methoxy groups -OCH3 is 1. The van der Waals surface area contributed by atoms with Gasteiger partial charge in [0.05, 0.1) is 17.7 Å². The van der Waals surface area contributed by atoms with Crippen LogP contribution < -0.4 is 5.32 Å². The minimum Gasteiger partial charge on any atom is -0.508 e. The van der Waals surface area contributed by atoms with E-state index in [0.717, 1.165) is 5.56 Å². The van der Waals surface area contributed by atoms with Crippen molar-refractivity contribution < 1.29 is 14.6 Å². The zero-order valence-electron chi connectivity index (χ0n) is 14.9. The van der Waals surface area contributed by atoms with Gasteiger partial charge in [0.15, 0.2) is 0 Å². The number of esters is 1. The molecule has 4 rings (SSSR count). The number of imidazole rings is 1. The molecule has 28 heavy (non-hydrogen) atoms. The number of nitrogens with zero attached hydrogens (tertiary/aromatic N) is 2. The zero-order chi connectivity index (χ0) is 19.7. The van der Waals surface area contributed by atoms with Crippen LogP contribution in [0.1, 0.15) is 10.4 Å². The maximum atomic E-state index is 11.8. The molecule has 2 aromatic heterocycles. The maximum Gasteiger partial charge on any atom is 0.337 e. The normalized spacial score (nSPS) is 10.8. The van der Waals surface area contributed by atoms with Crippen LogP contribution in [0.5, 0.6) is 5.75 Å². The number of benzene rings is 2. The summed E-state index contributed by atoms with van der Waals surface area (Å²) in [5, 5.41) is 13.5. The van der Waals surface area contributed by atoms with Gasteiger partial charge in [0.2, 0.25) is 0 Å². The molecule has 6 nitrogen and oxygen atoms in total. The lowest BCUT2D eigenvalue weighted by Gasteiger charge is -2.10. The summed E-state index contributed by atoms with van der Waals surface area (Å²) in [5.41, 5.74) is 3.35. The predicted octanol–water partition coefficient (Wildman–Crippen LogP) is 4.89. The zero-order valence-corrected chi connectivity index (χ0v) is 15.6. The molecule has 2 N–H and O–H groups in total. The summed E-state index contributed by atoms with van der Waals surface area (Å²) >= 11 is 6.18. The van der Waals surface area contributed by atoms with Crippen molar-refractivity contribution in [2.24, 2.45) is 0 Å². The Morgan fingerprint density at radius 1 is 1.14 bits per heavy atom. The molecular formula is C21H16ClN3O3. The second-order valence-corrected chi connectivity index (χ2v) is 6.57. The lowest BCUT2D eigenvalue weighted by molar-refractivity contribution is 0.0601. The van der Waals surface area contributed by atoms with E-state index in [4.69, 9.17) is 21.3 Å². The van der Waals surface area contributed by atoms with Crippen molar-refractivity contribution in [2.75, 3.05) is 12.4 Å². The lowest BCUT2D eigenvalue weighted by atomic mass is 10.1. The number of nitrogens with one attached hydrogen (secondary N) is 1. The van der Waals surface area contributed by atoms with Crippen molar-refractivity contribution in [2.45, 2.75) is 0 Å². The number of carbonyl (C=O) groups excluding carboxylic acids is 1. The number of rotatable bonds is 4. The van der Waals surface area contributed by atoms with Crippen LogP contribution in [0.2, 0.25) is 5.02 Å². The average Bonchev–Trinajstić information content (AvgIpc) is 3.06. The molecule has 0 spiro atoms. The van der Waals surface area contributed by atoms with E-state index >= 15 is 0 Å². The monoisotopic (exact) mass is 393 g/mol. The molecule has 7 heteroatoms. The number of aromatic nitrogens is 2. The topological polar surface area (TPSA) is 75.9 Å². The first-order valence-corrected chi connectivity index (χ1v) is 8.85. The van der Waals surface area contributed by atoms with E-state index in [1.807, 2.05) is 16.5 Å². The van der Waals surface area contributed by atoms with Crippen molar-refractivity contribution in [3.63, 3.8) is 0 Å². The number of anilines is 2. The van der Waals surface area contributed by atoms with E-state index in [2.05, 4.69) is 5.32 Å². The summed E-state index contributed by atoms with van der Waals surface area (Å²) in [6.07, 6.45) is 1.76. The van der Waals surface area contributed by atoms with Gasteiger partial charge in [-0.2, -0.15) is 0 Å². The summed E-state index contributed by atoms with van der Waals surface area (Å²) in [4.78, 5) is 16.5. The SMILES string of the molecule is COC(=O)c1cccc(Nc2c(-c3ccc(O)cc3)nc3ccc(Cl)cn23)c1. The molecule has 140 valence electrons. The molecule has 0 saturated carbocycles. The van der Waals surface area contributed by atoms with E-state index in [0.29, 0.717) is 33.4 Å². The van der Waals surface area contributed by atoms with Crippen LogP contribution in [-0.4, -0.2) is 27.6 Å². The van der Waals surface area contributed by atoms with Gasteiger partial charge < -0.3 is 15.2 Å². The van der Waals surface area contributed by atoms with Gasteiger partial charge in [-0.3, -0.25) is 4.40 Å². The second-order valence-electron chi connectivity index (χ2n) is 6.13. The molecule has 2 aromatic carbocycles. The van der Waals surface area contributed by atoms with Crippen LogP contribution in [0.4, 0.5) is 11.5 Å². The van der Waals surface area contributed by atoms with Gasteiger partial charge >= 0.3 is 5.97 Å². The highest BCUT2D eigenvalue weighted by molar-refractivity contribution is 6.30. The molecule has 0 bridgehead atoms. The van der Waals surface area contributed by atoms with Crippen molar-refractivity contribution in [1.29, 1.82) is 0 Å². The van der Waals surface area contributed by atoms with E-state index in [1.54, 1.807) is 54.7 Å². The Bertz CT molecular complexity index is 1170. The largest absolute Gasteiger partial charge is 0.508 e. The maximum absolute atomic E-state index is 11.8. The van der Waals surface area contributed by atoms with Crippen LogP contribution in [0, 0.1) is 0 Å². The van der Waals surface area contributed by atoms with Gasteiger partial charge in [-0.1, -0.05) is 17.7 Å². The summed E-state index contributed by atoms with van der Waals surface area (Å²) in [7, 11) is 1.35. The third-order valence-corrected chi connectivity index (χ3v) is 4.49. The third-order valence-electron chi connectivity index (χ3n) is 4.27. The molecule has 0 fully saturated rings. The minimum absolute atomic E-state index is 0.177. The number of hydrogen-bond donors (Lipinski definition) is 2. The van der Waals surface area contributed by atoms with Crippen molar-refractivity contribution in [1.82, 2.24) is 9.38 Å². The Morgan fingerprint density at radius 3 is 2.68 bits per heavy atom. The van der Waals surface area contributed by atoms with E-state index in [-0.39, 0.29) is 5.75 Å². The lowest BCUT2D eigenvalue weighted by Crippen LogP contribution is -2.02. The summed E-state index contributed by atoms with van der Waals surface area (Å²) in [5.74, 6) is 0.449. The van der Waals surface area contributed by atoms with Gasteiger partial charge in [-0.15, -0.1) is 0 Å². The fourth-order valence-electron chi connectivity index (χ4n) is 2.94. The molecule has 0 amide bonds. The highest BCUT2D eigenvalue weighted by Crippen LogP contribution is 2.33. The fourth-order valence-corrected chi connectivity index (χ4v) is 3.10. The van der Waals surface area contributed by atoms with Gasteiger partial charge in [0, 0.05) is 17.4 Å². The summed E-state index contributed by atoms with van der Waals surface area (Å²) in [6, 6.07) is 17.4. The van der Waals surface area contributed by atoms with Crippen molar-refractivity contribution >= 4 is 34.7 Å². The fraction of sp³-hybridized carbons (Fsp3) is 0.0476. The number of aromatic hydroxyl groups is 1. The van der Waals surface area contributed by atoms with Crippen LogP contribution in [0.15, 0.2) is 66.9 Å². The number of phenols is 1. The molecule has 0 atom stereocenters. The molecule has 0 aliphatic rings. The van der Waals surface area contributed by atoms with Crippen LogP contribution >= 0.6 is 11.6 Å². The Morgan fingerprint density at radius 2 is 1.93 bits per heavy atom. The molecule has 2 heterocycles. The van der Waals surface area contributed by atoms with Crippen molar-refractivity contribution in [3.8, 4) is 17.0 Å². The van der Waals surface area contributed by atoms with Gasteiger partial charge in [-0.05, 0) is 54.6 Å². The van der Waals surface area contributed by atoms with E-state index in [1.165, 1.54) is 7.11 Å². The third kappa shape index (κ3) is 3.37. The molecule has 4 aromatic rings. The number of carbonyl (C=O) groups is 1. The summed E-state index contributed by atoms with van der Waals surface area (Å²) < 4.78 is 6.63. The van der Waals surface area contributed by atoms with Gasteiger partial charge in [0.1, 0.15) is 22.9 Å². The quantitative estimate of drug-likeness (QED) is 0.483. The highest BCUT2D eigenvalue weighted by Gasteiger charge is 2.16. The molecule has 0 aliphatic heterocycles. The van der Waals surface area contributed by atoms with Crippen LogP contribution in [0.3, 0.4) is 0 Å². The number of phenolic OH excluding ortho intramolecular Hbond substituents is 1. The summed E-state index contributed by atoms with van der Waals surface area (Å²) in [6.45, 7) is 0. The van der Waals surface area contributed by atoms with Crippen molar-refractivity contribution in [3.05, 3.63) is 77.4 Å². The first kappa shape index (κ1) is 17.9. The number of fused-ring (bicyclic) bond motifs is 1. The Kier molecular flexibility index (Phi) is 4.63. The molecular weight excluding hydrogens is 378 g/mol. The average molecular weight is 394 g/mol. The standard InChI is InChI=1S/C21H16ClN3O3/c1-28-21(27)14-3-2-4-16(11-14)23-20-19(13-5-8-17(26)9-6-13)24-18-10-7-15(22)12-25(18)20/h2-12,23,26H,1H3. The first-order chi connectivity index (χ1) is 13.5. The highest BCUT2D eigenvalue weighted by atomic mass is 35.5. The smallest absolute Gasteiger partial charge is 0.337 e. The Labute approximate surface area is 166 Å². The van der Waals surface area contributed by atoms with E-state index in [9.17, 15) is 9.90 Å². The number of halogens is 1. The van der Waals surface area contributed by atoms with Gasteiger partial charge in [-0.25, -0.2) is 9.78 Å². The first-order valence-electron chi connectivity index (χ1n) is 8.47. The molecule has 0 aliphatic carbocycles. The minimum atomic E-state index is -0.413. The van der Waals surface area contributed by atoms with E-state index < -0.39 is 5.97 Å². The molecule has 0 unspecified atom stereocenters. The number of hydrogen-bond acceptors (Lipinski definition) is 5. The Balaban J connectivity index is 1.85. The second kappa shape index (κ2) is 7.25. The van der Waals surface area contributed by atoms with Crippen LogP contribution in [0.25, 0.3) is 16.9 Å². The number of ether oxygens (including phenoxy) is 1. The van der Waals surface area contributed by atoms with Crippen LogP contribution in [-0.2, 0) is 4.74 Å². The van der Waals surface area contributed by atoms with Gasteiger partial charge in [0.25, 0.3) is 0 Å². The number of pyridine rings is 1. The Hall–Kier alpha value is -3.51. The molecule has 0 radical (unpaired) electrons.